The molecule has 0 N–H and O–H groups in total. The first kappa shape index (κ1) is 18.2. The third kappa shape index (κ3) is 4.32. The van der Waals surface area contributed by atoms with Crippen LogP contribution in [0.2, 0.25) is 0 Å². The van der Waals surface area contributed by atoms with Crippen LogP contribution in [0.1, 0.15) is 10.4 Å². The second kappa shape index (κ2) is 8.18. The number of halogens is 2. The maximum atomic E-state index is 12.4. The zero-order chi connectivity index (χ0) is 18.5. The van der Waals surface area contributed by atoms with Gasteiger partial charge in [-0.15, -0.1) is 11.8 Å². The minimum Gasteiger partial charge on any atom is -0.452 e. The number of esters is 1. The fraction of sp³-hybridized carbons (Fsp3) is 0.222. The zero-order valence-corrected chi connectivity index (χ0v) is 14.4. The van der Waals surface area contributed by atoms with E-state index in [1.165, 1.54) is 24.3 Å². The summed E-state index contributed by atoms with van der Waals surface area (Å²) in [5.41, 5.74) is 0.951. The lowest BCUT2D eigenvalue weighted by Crippen LogP contribution is -2.38. The molecule has 5 nitrogen and oxygen atoms in total. The molecule has 8 heteroatoms. The van der Waals surface area contributed by atoms with Crippen LogP contribution in [0.5, 0.6) is 5.75 Å². The quantitative estimate of drug-likeness (QED) is 0.744. The Balaban J connectivity index is 1.59. The van der Waals surface area contributed by atoms with E-state index in [-0.39, 0.29) is 17.2 Å². The van der Waals surface area contributed by atoms with Crippen LogP contribution in [-0.2, 0) is 9.53 Å². The van der Waals surface area contributed by atoms with E-state index in [4.69, 9.17) is 4.74 Å². The molecule has 0 aliphatic carbocycles. The number of nitrogens with zero attached hydrogens (tertiary/aromatic N) is 1. The standard InChI is InChI=1S/C18H15F2NO4S/c19-18(20)25-13-7-5-12(6-8-13)17(23)24-11-16(22)21-9-10-26-15-4-2-1-3-14(15)21/h1-8,18H,9-11H2. The molecule has 2 aromatic rings. The number of amides is 1. The molecule has 0 aromatic heterocycles. The number of hydrogen-bond acceptors (Lipinski definition) is 5. The van der Waals surface area contributed by atoms with E-state index in [0.717, 1.165) is 16.3 Å². The van der Waals surface area contributed by atoms with Crippen molar-refractivity contribution in [1.82, 2.24) is 0 Å². The van der Waals surface area contributed by atoms with E-state index in [0.29, 0.717) is 6.54 Å². The van der Waals surface area contributed by atoms with Gasteiger partial charge in [0.2, 0.25) is 0 Å². The summed E-state index contributed by atoms with van der Waals surface area (Å²) in [4.78, 5) is 27.0. The molecule has 0 saturated heterocycles. The van der Waals surface area contributed by atoms with Crippen molar-refractivity contribution >= 4 is 29.3 Å². The van der Waals surface area contributed by atoms with Gasteiger partial charge < -0.3 is 14.4 Å². The Labute approximate surface area is 152 Å². The van der Waals surface area contributed by atoms with Gasteiger partial charge in [-0.1, -0.05) is 12.1 Å². The van der Waals surface area contributed by atoms with Gasteiger partial charge in [0.05, 0.1) is 11.3 Å². The van der Waals surface area contributed by atoms with Crippen molar-refractivity contribution in [2.45, 2.75) is 11.5 Å². The van der Waals surface area contributed by atoms with Gasteiger partial charge in [0, 0.05) is 17.2 Å². The van der Waals surface area contributed by atoms with E-state index in [1.54, 1.807) is 16.7 Å². The molecular weight excluding hydrogens is 364 g/mol. The molecule has 0 fully saturated rings. The fourth-order valence-corrected chi connectivity index (χ4v) is 3.48. The summed E-state index contributed by atoms with van der Waals surface area (Å²) in [5, 5.41) is 0. The Morgan fingerprint density at radius 2 is 1.85 bits per heavy atom. The van der Waals surface area contributed by atoms with Gasteiger partial charge in [0.25, 0.3) is 5.91 Å². The molecule has 136 valence electrons. The Kier molecular flexibility index (Phi) is 5.72. The predicted octanol–water partition coefficient (Wildman–Crippen LogP) is 3.58. The van der Waals surface area contributed by atoms with Crippen LogP contribution in [-0.4, -0.2) is 37.4 Å². The lowest BCUT2D eigenvalue weighted by molar-refractivity contribution is -0.121. The number of hydrogen-bond donors (Lipinski definition) is 0. The molecule has 0 atom stereocenters. The molecular formula is C18H15F2NO4S. The summed E-state index contributed by atoms with van der Waals surface area (Å²) in [6, 6.07) is 12.6. The van der Waals surface area contributed by atoms with Gasteiger partial charge in [-0.2, -0.15) is 8.78 Å². The largest absolute Gasteiger partial charge is 0.452 e. The summed E-state index contributed by atoms with van der Waals surface area (Å²) >= 11 is 1.67. The van der Waals surface area contributed by atoms with Gasteiger partial charge in [0.1, 0.15) is 5.75 Å². The molecule has 1 amide bonds. The number of rotatable bonds is 5. The number of benzene rings is 2. The third-order valence-corrected chi connectivity index (χ3v) is 4.71. The van der Waals surface area contributed by atoms with Gasteiger partial charge in [-0.25, -0.2) is 4.79 Å². The van der Waals surface area contributed by atoms with Gasteiger partial charge >= 0.3 is 12.6 Å². The lowest BCUT2D eigenvalue weighted by Gasteiger charge is -2.28. The first-order valence-electron chi connectivity index (χ1n) is 7.79. The summed E-state index contributed by atoms with van der Waals surface area (Å²) < 4.78 is 33.5. The predicted molar refractivity (Wildman–Crippen MR) is 92.9 cm³/mol. The number of fused-ring (bicyclic) bond motifs is 1. The van der Waals surface area contributed by atoms with Gasteiger partial charge in [-0.3, -0.25) is 4.79 Å². The van der Waals surface area contributed by atoms with Crippen molar-refractivity contribution in [2.75, 3.05) is 23.8 Å². The number of carbonyl (C=O) groups is 2. The molecule has 1 aliphatic heterocycles. The number of para-hydroxylation sites is 1. The van der Waals surface area contributed by atoms with E-state index in [1.807, 2.05) is 24.3 Å². The normalized spacial score (nSPS) is 13.3. The highest BCUT2D eigenvalue weighted by atomic mass is 32.2. The average molecular weight is 379 g/mol. The van der Waals surface area contributed by atoms with Crippen molar-refractivity contribution in [2.24, 2.45) is 0 Å². The Morgan fingerprint density at radius 3 is 2.58 bits per heavy atom. The van der Waals surface area contributed by atoms with Crippen LogP contribution >= 0.6 is 11.8 Å². The second-order valence-electron chi connectivity index (χ2n) is 5.34. The Hall–Kier alpha value is -2.61. The minimum atomic E-state index is -2.93. The SMILES string of the molecule is O=C(OCC(=O)N1CCSc2ccccc21)c1ccc(OC(F)F)cc1. The topological polar surface area (TPSA) is 55.8 Å². The number of anilines is 1. The smallest absolute Gasteiger partial charge is 0.387 e. The number of ether oxygens (including phenoxy) is 2. The summed E-state index contributed by atoms with van der Waals surface area (Å²) in [6.07, 6.45) is 0. The molecule has 2 aromatic carbocycles. The average Bonchev–Trinajstić information content (AvgIpc) is 2.65. The second-order valence-corrected chi connectivity index (χ2v) is 6.48. The Bertz CT molecular complexity index is 798. The zero-order valence-electron chi connectivity index (χ0n) is 13.6. The fourth-order valence-electron chi connectivity index (χ4n) is 2.49. The maximum Gasteiger partial charge on any atom is 0.387 e. The summed E-state index contributed by atoms with van der Waals surface area (Å²) in [6.45, 7) is -2.79. The van der Waals surface area contributed by atoms with Gasteiger partial charge in [0.15, 0.2) is 6.61 Å². The molecule has 0 spiro atoms. The number of thioether (sulfide) groups is 1. The van der Waals surface area contributed by atoms with E-state index >= 15 is 0 Å². The molecule has 3 rings (SSSR count). The van der Waals surface area contributed by atoms with E-state index in [2.05, 4.69) is 4.74 Å². The van der Waals surface area contributed by atoms with Crippen molar-refractivity contribution in [3.63, 3.8) is 0 Å². The van der Waals surface area contributed by atoms with Crippen molar-refractivity contribution in [1.29, 1.82) is 0 Å². The van der Waals surface area contributed by atoms with Crippen molar-refractivity contribution < 1.29 is 27.8 Å². The monoisotopic (exact) mass is 379 g/mol. The van der Waals surface area contributed by atoms with Crippen LogP contribution in [0.3, 0.4) is 0 Å². The highest BCUT2D eigenvalue weighted by Gasteiger charge is 2.23. The van der Waals surface area contributed by atoms with Crippen LogP contribution in [0.4, 0.5) is 14.5 Å². The molecule has 0 radical (unpaired) electrons. The summed E-state index contributed by atoms with van der Waals surface area (Å²) in [5.74, 6) is -0.317. The minimum absolute atomic E-state index is 0.0601. The molecule has 1 heterocycles. The number of carbonyl (C=O) groups excluding carboxylic acids is 2. The maximum absolute atomic E-state index is 12.4. The van der Waals surface area contributed by atoms with E-state index < -0.39 is 19.2 Å². The van der Waals surface area contributed by atoms with Crippen LogP contribution in [0.15, 0.2) is 53.4 Å². The van der Waals surface area contributed by atoms with Crippen molar-refractivity contribution in [3.05, 3.63) is 54.1 Å². The summed E-state index contributed by atoms with van der Waals surface area (Å²) in [7, 11) is 0. The van der Waals surface area contributed by atoms with Crippen LogP contribution in [0.25, 0.3) is 0 Å². The molecule has 26 heavy (non-hydrogen) atoms. The highest BCUT2D eigenvalue weighted by Crippen LogP contribution is 2.34. The van der Waals surface area contributed by atoms with Gasteiger partial charge in [-0.05, 0) is 36.4 Å². The Morgan fingerprint density at radius 1 is 1.12 bits per heavy atom. The van der Waals surface area contributed by atoms with E-state index in [9.17, 15) is 18.4 Å². The molecule has 0 bridgehead atoms. The lowest BCUT2D eigenvalue weighted by atomic mass is 10.2. The van der Waals surface area contributed by atoms with Crippen molar-refractivity contribution in [3.8, 4) is 5.75 Å². The van der Waals surface area contributed by atoms with Crippen LogP contribution in [0, 0.1) is 0 Å². The van der Waals surface area contributed by atoms with Crippen LogP contribution < -0.4 is 9.64 Å². The number of alkyl halides is 2. The molecule has 1 aliphatic rings. The molecule has 0 saturated carbocycles. The highest BCUT2D eigenvalue weighted by molar-refractivity contribution is 7.99. The third-order valence-electron chi connectivity index (χ3n) is 3.67. The first-order chi connectivity index (χ1) is 12.5. The first-order valence-corrected chi connectivity index (χ1v) is 8.77. The molecule has 0 unspecified atom stereocenters.